The second-order valence-corrected chi connectivity index (χ2v) is 6.52. The molecule has 5 nitrogen and oxygen atoms in total. The third kappa shape index (κ3) is 3.49. The number of anilines is 1. The zero-order valence-corrected chi connectivity index (χ0v) is 12.9. The highest BCUT2D eigenvalue weighted by Gasteiger charge is 2.25. The molecule has 2 unspecified atom stereocenters. The Hall–Kier alpha value is -0.690. The van der Waals surface area contributed by atoms with Crippen molar-refractivity contribution in [3.63, 3.8) is 0 Å². The van der Waals surface area contributed by atoms with Crippen molar-refractivity contribution in [2.45, 2.75) is 25.4 Å². The van der Waals surface area contributed by atoms with Crippen LogP contribution in [0.4, 0.5) is 5.13 Å². The van der Waals surface area contributed by atoms with Gasteiger partial charge in [-0.15, -0.1) is 11.3 Å². The van der Waals surface area contributed by atoms with Crippen molar-refractivity contribution < 1.29 is 4.74 Å². The topological polar surface area (TPSA) is 40.6 Å². The minimum Gasteiger partial charge on any atom is -0.379 e. The van der Waals surface area contributed by atoms with E-state index in [9.17, 15) is 0 Å². The first-order chi connectivity index (χ1) is 9.83. The van der Waals surface area contributed by atoms with Gasteiger partial charge in [0.15, 0.2) is 5.13 Å². The zero-order valence-electron chi connectivity index (χ0n) is 12.1. The molecule has 1 aromatic heterocycles. The minimum absolute atomic E-state index is 0.524. The summed E-state index contributed by atoms with van der Waals surface area (Å²) in [6.07, 6.45) is 3.07. The number of aromatic nitrogens is 1. The number of nitrogens with one attached hydrogen (secondary N) is 1. The van der Waals surface area contributed by atoms with Gasteiger partial charge >= 0.3 is 0 Å². The Bertz CT molecular complexity index is 386. The van der Waals surface area contributed by atoms with E-state index in [1.54, 1.807) is 11.3 Å². The summed E-state index contributed by atoms with van der Waals surface area (Å²) in [5.41, 5.74) is 0. The summed E-state index contributed by atoms with van der Waals surface area (Å²) in [7, 11) is 0. The third-order valence-corrected chi connectivity index (χ3v) is 5.08. The van der Waals surface area contributed by atoms with Crippen LogP contribution in [0.1, 0.15) is 13.3 Å². The molecular weight excluding hydrogens is 272 g/mol. The molecule has 0 saturated carbocycles. The molecule has 2 saturated heterocycles. The fourth-order valence-corrected chi connectivity index (χ4v) is 3.75. The molecule has 6 heteroatoms. The number of rotatable bonds is 4. The molecule has 3 heterocycles. The molecule has 1 N–H and O–H groups in total. The Morgan fingerprint density at radius 1 is 1.45 bits per heavy atom. The van der Waals surface area contributed by atoms with Crippen LogP contribution >= 0.6 is 11.3 Å². The lowest BCUT2D eigenvalue weighted by Gasteiger charge is -2.39. The number of hydrogen-bond acceptors (Lipinski definition) is 6. The lowest BCUT2D eigenvalue weighted by atomic mass is 10.1. The van der Waals surface area contributed by atoms with Crippen LogP contribution in [0.25, 0.3) is 0 Å². The molecule has 0 aromatic carbocycles. The number of nitrogens with zero attached hydrogens (tertiary/aromatic N) is 3. The quantitative estimate of drug-likeness (QED) is 0.899. The molecule has 1 aromatic rings. The Morgan fingerprint density at radius 2 is 2.30 bits per heavy atom. The second kappa shape index (κ2) is 6.85. The molecular formula is C14H24N4OS. The average molecular weight is 296 g/mol. The van der Waals surface area contributed by atoms with Crippen LogP contribution in [0, 0.1) is 0 Å². The number of morpholine rings is 1. The van der Waals surface area contributed by atoms with Gasteiger partial charge < -0.3 is 15.0 Å². The van der Waals surface area contributed by atoms with Crippen LogP contribution in [0.3, 0.4) is 0 Å². The van der Waals surface area contributed by atoms with Crippen molar-refractivity contribution in [2.24, 2.45) is 0 Å². The van der Waals surface area contributed by atoms with Crippen LogP contribution in [0.15, 0.2) is 11.6 Å². The Kier molecular flexibility index (Phi) is 4.88. The summed E-state index contributed by atoms with van der Waals surface area (Å²) in [6, 6.07) is 1.14. The molecule has 3 rings (SSSR count). The van der Waals surface area contributed by atoms with Crippen molar-refractivity contribution in [1.82, 2.24) is 15.2 Å². The smallest absolute Gasteiger partial charge is 0.185 e. The first kappa shape index (κ1) is 14.3. The van der Waals surface area contributed by atoms with Gasteiger partial charge in [-0.25, -0.2) is 4.98 Å². The van der Waals surface area contributed by atoms with E-state index in [0.717, 1.165) is 45.9 Å². The van der Waals surface area contributed by atoms with Crippen molar-refractivity contribution in [3.05, 3.63) is 11.6 Å². The molecule has 2 fully saturated rings. The Morgan fingerprint density at radius 3 is 2.95 bits per heavy atom. The molecule has 2 aliphatic rings. The maximum atomic E-state index is 5.54. The van der Waals surface area contributed by atoms with E-state index in [2.05, 4.69) is 32.4 Å². The predicted molar refractivity (Wildman–Crippen MR) is 82.6 cm³/mol. The van der Waals surface area contributed by atoms with Crippen LogP contribution in [-0.2, 0) is 4.74 Å². The van der Waals surface area contributed by atoms with E-state index in [0.29, 0.717) is 12.1 Å². The van der Waals surface area contributed by atoms with Crippen molar-refractivity contribution in [2.75, 3.05) is 50.8 Å². The van der Waals surface area contributed by atoms with Crippen LogP contribution in [0.5, 0.6) is 0 Å². The zero-order chi connectivity index (χ0) is 13.8. The number of ether oxygens (including phenoxy) is 1. The van der Waals surface area contributed by atoms with E-state index >= 15 is 0 Å². The molecule has 0 aliphatic carbocycles. The lowest BCUT2D eigenvalue weighted by Crippen LogP contribution is -2.52. The summed E-state index contributed by atoms with van der Waals surface area (Å²) < 4.78 is 5.54. The number of thiazole rings is 1. The van der Waals surface area contributed by atoms with Crippen LogP contribution in [-0.4, -0.2) is 67.9 Å². The van der Waals surface area contributed by atoms with Gasteiger partial charge in [0.1, 0.15) is 0 Å². The Labute approximate surface area is 124 Å². The molecule has 0 spiro atoms. The molecule has 0 radical (unpaired) electrons. The minimum atomic E-state index is 0.524. The van der Waals surface area contributed by atoms with Gasteiger partial charge in [-0.3, -0.25) is 4.90 Å². The van der Waals surface area contributed by atoms with E-state index in [1.165, 1.54) is 11.6 Å². The van der Waals surface area contributed by atoms with E-state index in [1.807, 2.05) is 6.20 Å². The molecule has 112 valence electrons. The summed E-state index contributed by atoms with van der Waals surface area (Å²) in [4.78, 5) is 9.40. The largest absolute Gasteiger partial charge is 0.379 e. The van der Waals surface area contributed by atoms with Gasteiger partial charge in [0.2, 0.25) is 0 Å². The SMILES string of the molecule is CC(CC1COCCN1)N1CCN(c2nccs2)CC1. The summed E-state index contributed by atoms with van der Waals surface area (Å²) in [5, 5.41) is 6.77. The van der Waals surface area contributed by atoms with Gasteiger partial charge in [-0.1, -0.05) is 0 Å². The molecule has 2 aliphatic heterocycles. The number of piperazine rings is 1. The third-order valence-electron chi connectivity index (χ3n) is 4.25. The molecule has 2 atom stereocenters. The maximum absolute atomic E-state index is 5.54. The van der Waals surface area contributed by atoms with Crippen molar-refractivity contribution in [1.29, 1.82) is 0 Å². The highest BCUT2D eigenvalue weighted by Crippen LogP contribution is 2.20. The fraction of sp³-hybridized carbons (Fsp3) is 0.786. The Balaban J connectivity index is 1.45. The normalized spacial score (nSPS) is 26.6. The average Bonchev–Trinajstić information content (AvgIpc) is 3.03. The first-order valence-electron chi connectivity index (χ1n) is 7.52. The summed E-state index contributed by atoms with van der Waals surface area (Å²) in [6.45, 7) is 9.51. The van der Waals surface area contributed by atoms with E-state index in [-0.39, 0.29) is 0 Å². The number of hydrogen-bond donors (Lipinski definition) is 1. The van der Waals surface area contributed by atoms with Gasteiger partial charge in [-0.05, 0) is 13.3 Å². The summed E-state index contributed by atoms with van der Waals surface area (Å²) in [5.74, 6) is 0. The van der Waals surface area contributed by atoms with Crippen LogP contribution < -0.4 is 10.2 Å². The van der Waals surface area contributed by atoms with Gasteiger partial charge in [-0.2, -0.15) is 0 Å². The standard InChI is InChI=1S/C14H24N4OS/c1-12(10-13-11-19-8-2-15-13)17-4-6-18(7-5-17)14-16-3-9-20-14/h3,9,12-13,15H,2,4-8,10-11H2,1H3. The van der Waals surface area contributed by atoms with E-state index in [4.69, 9.17) is 4.74 Å². The summed E-state index contributed by atoms with van der Waals surface area (Å²) >= 11 is 1.74. The monoisotopic (exact) mass is 296 g/mol. The van der Waals surface area contributed by atoms with Gasteiger partial charge in [0.05, 0.1) is 13.2 Å². The fourth-order valence-electron chi connectivity index (χ4n) is 3.06. The second-order valence-electron chi connectivity index (χ2n) is 5.65. The van der Waals surface area contributed by atoms with Gasteiger partial charge in [0, 0.05) is 56.4 Å². The first-order valence-corrected chi connectivity index (χ1v) is 8.40. The molecule has 0 bridgehead atoms. The highest BCUT2D eigenvalue weighted by atomic mass is 32.1. The van der Waals surface area contributed by atoms with Crippen molar-refractivity contribution >= 4 is 16.5 Å². The molecule has 0 amide bonds. The molecule has 20 heavy (non-hydrogen) atoms. The highest BCUT2D eigenvalue weighted by molar-refractivity contribution is 7.13. The van der Waals surface area contributed by atoms with Crippen LogP contribution in [0.2, 0.25) is 0 Å². The van der Waals surface area contributed by atoms with Gasteiger partial charge in [0.25, 0.3) is 0 Å². The maximum Gasteiger partial charge on any atom is 0.185 e. The van der Waals surface area contributed by atoms with E-state index < -0.39 is 0 Å². The predicted octanol–water partition coefficient (Wildman–Crippen LogP) is 1.03. The van der Waals surface area contributed by atoms with Crippen molar-refractivity contribution in [3.8, 4) is 0 Å². The lowest BCUT2D eigenvalue weighted by molar-refractivity contribution is 0.0611.